The average molecular weight is 307 g/mol. The average Bonchev–Trinajstić information content (AvgIpc) is 2.86. The smallest absolute Gasteiger partial charge is 0.412 e. The summed E-state index contributed by atoms with van der Waals surface area (Å²) in [6.45, 7) is 1.45. The quantitative estimate of drug-likeness (QED) is 0.661. The van der Waals surface area contributed by atoms with Crippen molar-refractivity contribution in [3.63, 3.8) is 0 Å². The van der Waals surface area contributed by atoms with Crippen molar-refractivity contribution >= 4 is 23.2 Å². The fourth-order valence-electron chi connectivity index (χ4n) is 3.39. The van der Waals surface area contributed by atoms with Crippen LogP contribution in [-0.2, 0) is 10.3 Å². The first-order chi connectivity index (χ1) is 10.4. The van der Waals surface area contributed by atoms with Gasteiger partial charge in [-0.1, -0.05) is 0 Å². The van der Waals surface area contributed by atoms with Crippen molar-refractivity contribution in [2.75, 3.05) is 5.32 Å². The number of nitro benzene ring substituents is 2. The van der Waals surface area contributed by atoms with E-state index in [0.29, 0.717) is 12.8 Å². The van der Waals surface area contributed by atoms with Crippen molar-refractivity contribution in [1.82, 2.24) is 0 Å². The molecule has 1 fully saturated rings. The maximum absolute atomic E-state index is 11.8. The topological polar surface area (TPSA) is 125 Å². The van der Waals surface area contributed by atoms with Gasteiger partial charge in [-0.25, -0.2) is 4.79 Å². The first kappa shape index (κ1) is 14.2. The van der Waals surface area contributed by atoms with Gasteiger partial charge in [0.25, 0.3) is 11.4 Å². The lowest BCUT2D eigenvalue weighted by atomic mass is 9.85. The Morgan fingerprint density at radius 2 is 1.86 bits per heavy atom. The zero-order valence-electron chi connectivity index (χ0n) is 11.7. The summed E-state index contributed by atoms with van der Waals surface area (Å²) in [5, 5.41) is 25.0. The third-order valence-corrected chi connectivity index (χ3v) is 4.23. The molecule has 9 nitrogen and oxygen atoms in total. The number of anilines is 1. The fraction of sp³-hybridized carbons (Fsp3) is 0.462. The molecule has 9 heteroatoms. The van der Waals surface area contributed by atoms with Crippen LogP contribution >= 0.6 is 0 Å². The minimum absolute atomic E-state index is 0.111. The second-order valence-electron chi connectivity index (χ2n) is 5.54. The van der Waals surface area contributed by atoms with E-state index in [2.05, 4.69) is 5.32 Å². The first-order valence-corrected chi connectivity index (χ1v) is 6.82. The number of amides is 1. The molecular weight excluding hydrogens is 294 g/mol. The Morgan fingerprint density at radius 1 is 1.23 bits per heavy atom. The van der Waals surface area contributed by atoms with Crippen LogP contribution in [0, 0.1) is 27.2 Å². The molecule has 0 radical (unpaired) electrons. The standard InChI is InChI=1S/C13H13N3O6/c1-7-6-8(15(18)19)10-9(11(7)16(20)21)13(4-2-3-5-13)22-12(17)14-10/h6H,2-5H2,1H3,(H,14,17). The molecule has 1 saturated carbocycles. The number of hydrogen-bond donors (Lipinski definition) is 1. The minimum atomic E-state index is -1.14. The third kappa shape index (κ3) is 1.89. The van der Waals surface area contributed by atoms with Crippen molar-refractivity contribution in [2.45, 2.75) is 38.2 Å². The lowest BCUT2D eigenvalue weighted by Gasteiger charge is -2.34. The van der Waals surface area contributed by atoms with E-state index < -0.39 is 21.5 Å². The monoisotopic (exact) mass is 307 g/mol. The number of ether oxygens (including phenoxy) is 1. The normalized spacial score (nSPS) is 18.5. The molecule has 0 atom stereocenters. The Kier molecular flexibility index (Phi) is 3.01. The van der Waals surface area contributed by atoms with Crippen molar-refractivity contribution in [3.8, 4) is 0 Å². The molecule has 1 aliphatic carbocycles. The summed E-state index contributed by atoms with van der Waals surface area (Å²) in [5.41, 5.74) is -1.51. The van der Waals surface area contributed by atoms with Crippen LogP contribution in [0.2, 0.25) is 0 Å². The van der Waals surface area contributed by atoms with Crippen LogP contribution in [0.5, 0.6) is 0 Å². The number of nitro groups is 2. The molecule has 2 aliphatic rings. The SMILES string of the molecule is Cc1cc([N+](=O)[O-])c2c(c1[N+](=O)[O-])C1(CCCC1)OC(=O)N2. The van der Waals surface area contributed by atoms with Crippen molar-refractivity contribution in [1.29, 1.82) is 0 Å². The fourth-order valence-corrected chi connectivity index (χ4v) is 3.39. The molecule has 0 aromatic heterocycles. The number of fused-ring (bicyclic) bond motifs is 2. The van der Waals surface area contributed by atoms with Crippen molar-refractivity contribution in [3.05, 3.63) is 37.4 Å². The zero-order valence-corrected chi connectivity index (χ0v) is 11.7. The van der Waals surface area contributed by atoms with Gasteiger partial charge in [-0.15, -0.1) is 0 Å². The van der Waals surface area contributed by atoms with E-state index in [9.17, 15) is 25.0 Å². The number of carbonyl (C=O) groups excluding carboxylic acids is 1. The number of aryl methyl sites for hydroxylation is 1. The van der Waals surface area contributed by atoms with Gasteiger partial charge in [-0.3, -0.25) is 25.5 Å². The summed E-state index contributed by atoms with van der Waals surface area (Å²) >= 11 is 0. The first-order valence-electron chi connectivity index (χ1n) is 6.82. The molecule has 0 unspecified atom stereocenters. The van der Waals surface area contributed by atoms with Crippen LogP contribution in [0.4, 0.5) is 21.9 Å². The van der Waals surface area contributed by atoms with Gasteiger partial charge in [0.1, 0.15) is 16.9 Å². The molecule has 0 bridgehead atoms. The van der Waals surface area contributed by atoms with Crippen LogP contribution in [-0.4, -0.2) is 15.9 Å². The lowest BCUT2D eigenvalue weighted by molar-refractivity contribution is -0.390. The molecule has 22 heavy (non-hydrogen) atoms. The number of rotatable bonds is 2. The second-order valence-corrected chi connectivity index (χ2v) is 5.54. The summed E-state index contributed by atoms with van der Waals surface area (Å²) in [4.78, 5) is 33.3. The maximum atomic E-state index is 11.8. The van der Waals surface area contributed by atoms with E-state index in [-0.39, 0.29) is 28.2 Å². The summed E-state index contributed by atoms with van der Waals surface area (Å²) in [5.74, 6) is 0. The van der Waals surface area contributed by atoms with E-state index in [1.165, 1.54) is 6.92 Å². The number of nitrogens with zero attached hydrogens (tertiary/aromatic N) is 2. The number of nitrogens with one attached hydrogen (secondary N) is 1. The maximum Gasteiger partial charge on any atom is 0.412 e. The predicted octanol–water partition coefficient (Wildman–Crippen LogP) is 3.14. The summed E-state index contributed by atoms with van der Waals surface area (Å²) in [6, 6.07) is 1.12. The Balaban J connectivity index is 2.39. The Morgan fingerprint density at radius 3 is 2.41 bits per heavy atom. The highest BCUT2D eigenvalue weighted by molar-refractivity contribution is 5.94. The van der Waals surface area contributed by atoms with Gasteiger partial charge in [0.2, 0.25) is 0 Å². The van der Waals surface area contributed by atoms with Gasteiger partial charge in [0.05, 0.1) is 9.85 Å². The molecule has 1 amide bonds. The highest BCUT2D eigenvalue weighted by Gasteiger charge is 2.51. The minimum Gasteiger partial charge on any atom is -0.437 e. The molecule has 1 aliphatic heterocycles. The molecule has 116 valence electrons. The van der Waals surface area contributed by atoms with Gasteiger partial charge in [-0.05, 0) is 32.6 Å². The Labute approximate surface area is 124 Å². The molecule has 1 spiro atoms. The third-order valence-electron chi connectivity index (χ3n) is 4.23. The van der Waals surface area contributed by atoms with Crippen molar-refractivity contribution < 1.29 is 19.4 Å². The second kappa shape index (κ2) is 4.65. The summed E-state index contributed by atoms with van der Waals surface area (Å²) in [6.07, 6.45) is 1.52. The molecule has 0 saturated heterocycles. The zero-order chi connectivity index (χ0) is 16.1. The highest BCUT2D eigenvalue weighted by atomic mass is 16.6. The molecule has 1 aromatic rings. The van der Waals surface area contributed by atoms with E-state index in [1.807, 2.05) is 0 Å². The predicted molar refractivity (Wildman–Crippen MR) is 74.7 cm³/mol. The Bertz CT molecular complexity index is 708. The number of hydrogen-bond acceptors (Lipinski definition) is 6. The van der Waals surface area contributed by atoms with Crippen molar-refractivity contribution in [2.24, 2.45) is 0 Å². The number of benzene rings is 1. The van der Waals surface area contributed by atoms with E-state index in [0.717, 1.165) is 18.9 Å². The molecule has 1 aromatic carbocycles. The summed E-state index contributed by atoms with van der Waals surface area (Å²) < 4.78 is 5.36. The van der Waals surface area contributed by atoms with Gasteiger partial charge in [-0.2, -0.15) is 0 Å². The van der Waals surface area contributed by atoms with E-state index in [1.54, 1.807) is 0 Å². The molecule has 3 rings (SSSR count). The Hall–Kier alpha value is -2.71. The highest BCUT2D eigenvalue weighted by Crippen LogP contribution is 2.54. The molecule has 1 heterocycles. The summed E-state index contributed by atoms with van der Waals surface area (Å²) in [7, 11) is 0. The molecular formula is C13H13N3O6. The van der Waals surface area contributed by atoms with Crippen LogP contribution < -0.4 is 5.32 Å². The van der Waals surface area contributed by atoms with Crippen LogP contribution in [0.1, 0.15) is 36.8 Å². The van der Waals surface area contributed by atoms with E-state index in [4.69, 9.17) is 4.74 Å². The van der Waals surface area contributed by atoms with Crippen LogP contribution in [0.3, 0.4) is 0 Å². The van der Waals surface area contributed by atoms with Crippen LogP contribution in [0.15, 0.2) is 6.07 Å². The van der Waals surface area contributed by atoms with Gasteiger partial charge in [0, 0.05) is 11.6 Å². The van der Waals surface area contributed by atoms with Crippen LogP contribution in [0.25, 0.3) is 0 Å². The van der Waals surface area contributed by atoms with Gasteiger partial charge in [0.15, 0.2) is 0 Å². The molecule has 1 N–H and O–H groups in total. The van der Waals surface area contributed by atoms with Gasteiger partial charge < -0.3 is 4.74 Å². The number of carbonyl (C=O) groups is 1. The van der Waals surface area contributed by atoms with E-state index >= 15 is 0 Å². The largest absolute Gasteiger partial charge is 0.437 e. The lowest BCUT2D eigenvalue weighted by Crippen LogP contribution is -2.38. The van der Waals surface area contributed by atoms with Gasteiger partial charge >= 0.3 is 6.09 Å².